The number of hydrogen-bond donors (Lipinski definition) is 2. The van der Waals surface area contributed by atoms with Gasteiger partial charge in [0.05, 0.1) is 12.0 Å². The molecule has 2 rings (SSSR count). The molecule has 2 aliphatic rings. The van der Waals surface area contributed by atoms with E-state index in [1.54, 1.807) is 0 Å². The Kier molecular flexibility index (Phi) is 6.61. The third-order valence-electron chi connectivity index (χ3n) is 5.76. The van der Waals surface area contributed by atoms with Crippen molar-refractivity contribution >= 4 is 18.3 Å². The van der Waals surface area contributed by atoms with E-state index in [2.05, 4.69) is 5.32 Å². The van der Waals surface area contributed by atoms with E-state index in [9.17, 15) is 18.0 Å². The normalized spacial score (nSPS) is 35.5. The van der Waals surface area contributed by atoms with Gasteiger partial charge in [0, 0.05) is 24.5 Å². The molecule has 2 fully saturated rings. The summed E-state index contributed by atoms with van der Waals surface area (Å²) < 4.78 is 43.6. The van der Waals surface area contributed by atoms with Crippen molar-refractivity contribution in [2.75, 3.05) is 6.61 Å². The van der Waals surface area contributed by atoms with Crippen LogP contribution in [0.25, 0.3) is 0 Å². The van der Waals surface area contributed by atoms with Crippen LogP contribution in [0.3, 0.4) is 0 Å². The molecule has 0 spiro atoms. The third kappa shape index (κ3) is 3.83. The smallest absolute Gasteiger partial charge is 0.378 e. The first-order valence-corrected chi connectivity index (χ1v) is 8.30. The summed E-state index contributed by atoms with van der Waals surface area (Å²) in [5.74, 6) is -1.51. The second kappa shape index (κ2) is 7.38. The maximum Gasteiger partial charge on any atom is 0.391 e. The van der Waals surface area contributed by atoms with Crippen LogP contribution < -0.4 is 11.1 Å². The Labute approximate surface area is 147 Å². The molecular weight excluding hydrogens is 345 g/mol. The Morgan fingerprint density at radius 3 is 2.21 bits per heavy atom. The lowest BCUT2D eigenvalue weighted by Crippen LogP contribution is -2.76. The van der Waals surface area contributed by atoms with Crippen LogP contribution in [0.5, 0.6) is 0 Å². The van der Waals surface area contributed by atoms with Crippen LogP contribution >= 0.6 is 12.4 Å². The average Bonchev–Trinajstić information content (AvgIpc) is 2.46. The molecule has 0 heterocycles. The zero-order valence-electron chi connectivity index (χ0n) is 14.4. The molecule has 0 saturated heterocycles. The van der Waals surface area contributed by atoms with E-state index in [1.165, 1.54) is 0 Å². The van der Waals surface area contributed by atoms with E-state index >= 15 is 0 Å². The molecule has 142 valence electrons. The van der Waals surface area contributed by atoms with E-state index in [0.29, 0.717) is 25.9 Å². The largest absolute Gasteiger partial charge is 0.391 e. The lowest BCUT2D eigenvalue weighted by molar-refractivity contribution is -0.183. The summed E-state index contributed by atoms with van der Waals surface area (Å²) in [5.41, 5.74) is 4.78. The summed E-state index contributed by atoms with van der Waals surface area (Å²) in [6.07, 6.45) is -2.93. The molecule has 2 unspecified atom stereocenters. The van der Waals surface area contributed by atoms with Crippen molar-refractivity contribution in [3.05, 3.63) is 0 Å². The molecule has 0 aromatic carbocycles. The Morgan fingerprint density at radius 1 is 1.25 bits per heavy atom. The summed E-state index contributed by atoms with van der Waals surface area (Å²) in [6, 6.07) is -0.219. The third-order valence-corrected chi connectivity index (χ3v) is 5.76. The molecule has 3 N–H and O–H groups in total. The number of ether oxygens (including phenoxy) is 1. The first kappa shape index (κ1) is 21.5. The van der Waals surface area contributed by atoms with Crippen molar-refractivity contribution in [1.29, 1.82) is 0 Å². The van der Waals surface area contributed by atoms with Gasteiger partial charge in [-0.3, -0.25) is 4.79 Å². The summed E-state index contributed by atoms with van der Waals surface area (Å²) in [4.78, 5) is 12.5. The fourth-order valence-electron chi connectivity index (χ4n) is 3.70. The number of rotatable bonds is 4. The van der Waals surface area contributed by atoms with Crippen LogP contribution in [-0.2, 0) is 9.53 Å². The van der Waals surface area contributed by atoms with Gasteiger partial charge in [-0.1, -0.05) is 13.8 Å². The Balaban J connectivity index is 0.00000288. The SMILES string of the molecule is CCOC1CC(N)(C(=O)NC2CCC(C(F)(F)F)CC2)C1(C)C.Cl. The number of nitrogens with two attached hydrogens (primary N) is 1. The average molecular weight is 373 g/mol. The van der Waals surface area contributed by atoms with Crippen LogP contribution in [-0.4, -0.2) is 36.4 Å². The summed E-state index contributed by atoms with van der Waals surface area (Å²) in [7, 11) is 0. The number of halogens is 4. The van der Waals surface area contributed by atoms with Crippen molar-refractivity contribution in [1.82, 2.24) is 5.32 Å². The van der Waals surface area contributed by atoms with Gasteiger partial charge in [0.25, 0.3) is 0 Å². The van der Waals surface area contributed by atoms with Crippen LogP contribution in [0.15, 0.2) is 0 Å². The standard InChI is InChI=1S/C16H27F3N2O2.ClH/c1-4-23-12-9-15(20,14(12,2)3)13(22)21-11-7-5-10(6-8-11)16(17,18)19;/h10-12H,4-9,20H2,1-3H3,(H,21,22);1H. The molecule has 2 aliphatic carbocycles. The monoisotopic (exact) mass is 372 g/mol. The topological polar surface area (TPSA) is 64.3 Å². The number of amides is 1. The van der Waals surface area contributed by atoms with Gasteiger partial charge in [-0.25, -0.2) is 0 Å². The molecular formula is C16H28ClF3N2O2. The van der Waals surface area contributed by atoms with Gasteiger partial charge in [-0.2, -0.15) is 13.2 Å². The molecule has 24 heavy (non-hydrogen) atoms. The van der Waals surface area contributed by atoms with Crippen molar-refractivity contribution in [2.45, 2.75) is 76.7 Å². The van der Waals surface area contributed by atoms with Crippen molar-refractivity contribution in [3.8, 4) is 0 Å². The van der Waals surface area contributed by atoms with E-state index in [-0.39, 0.29) is 43.3 Å². The minimum absolute atomic E-state index is 0. The van der Waals surface area contributed by atoms with Crippen LogP contribution in [0.1, 0.15) is 52.9 Å². The van der Waals surface area contributed by atoms with Gasteiger partial charge in [0.1, 0.15) is 5.54 Å². The molecule has 2 saturated carbocycles. The molecule has 8 heteroatoms. The highest BCUT2D eigenvalue weighted by Crippen LogP contribution is 2.50. The zero-order chi connectivity index (χ0) is 17.5. The number of hydrogen-bond acceptors (Lipinski definition) is 3. The van der Waals surface area contributed by atoms with Crippen molar-refractivity contribution in [3.63, 3.8) is 0 Å². The molecule has 1 amide bonds. The quantitative estimate of drug-likeness (QED) is 0.796. The molecule has 0 bridgehead atoms. The molecule has 4 nitrogen and oxygen atoms in total. The van der Waals surface area contributed by atoms with Crippen LogP contribution in [0.4, 0.5) is 13.2 Å². The Bertz CT molecular complexity index is 451. The first-order valence-electron chi connectivity index (χ1n) is 8.30. The lowest BCUT2D eigenvalue weighted by Gasteiger charge is -2.57. The van der Waals surface area contributed by atoms with Gasteiger partial charge in [0.15, 0.2) is 0 Å². The predicted octanol–water partition coefficient (Wildman–Crippen LogP) is 3.18. The van der Waals surface area contributed by atoms with Gasteiger partial charge < -0.3 is 15.8 Å². The van der Waals surface area contributed by atoms with E-state index in [4.69, 9.17) is 10.5 Å². The Morgan fingerprint density at radius 2 is 1.79 bits per heavy atom. The van der Waals surface area contributed by atoms with Gasteiger partial charge in [0.2, 0.25) is 5.91 Å². The fraction of sp³-hybridized carbons (Fsp3) is 0.938. The Hall–Kier alpha value is -0.530. The second-order valence-corrected chi connectivity index (χ2v) is 7.40. The van der Waals surface area contributed by atoms with Gasteiger partial charge in [-0.15, -0.1) is 12.4 Å². The molecule has 0 radical (unpaired) electrons. The maximum absolute atomic E-state index is 12.7. The van der Waals surface area contributed by atoms with Gasteiger partial charge >= 0.3 is 6.18 Å². The lowest BCUT2D eigenvalue weighted by atomic mass is 9.54. The summed E-state index contributed by atoms with van der Waals surface area (Å²) >= 11 is 0. The fourth-order valence-corrected chi connectivity index (χ4v) is 3.70. The molecule has 2 atom stereocenters. The zero-order valence-corrected chi connectivity index (χ0v) is 15.2. The molecule has 0 aliphatic heterocycles. The van der Waals surface area contributed by atoms with Crippen LogP contribution in [0, 0.1) is 11.3 Å². The van der Waals surface area contributed by atoms with E-state index in [0.717, 1.165) is 0 Å². The van der Waals surface area contributed by atoms with Crippen molar-refractivity contribution < 1.29 is 22.7 Å². The molecule has 0 aromatic heterocycles. The van der Waals surface area contributed by atoms with Crippen molar-refractivity contribution in [2.24, 2.45) is 17.1 Å². The minimum atomic E-state index is -4.13. The van der Waals surface area contributed by atoms with E-state index in [1.807, 2.05) is 20.8 Å². The number of nitrogens with one attached hydrogen (secondary N) is 1. The highest BCUT2D eigenvalue weighted by Gasteiger charge is 2.63. The molecule has 0 aromatic rings. The minimum Gasteiger partial charge on any atom is -0.378 e. The van der Waals surface area contributed by atoms with Gasteiger partial charge in [-0.05, 0) is 32.6 Å². The number of carbonyl (C=O) groups excluding carboxylic acids is 1. The summed E-state index contributed by atoms with van der Waals surface area (Å²) in [6.45, 7) is 6.26. The first-order chi connectivity index (χ1) is 10.5. The second-order valence-electron chi connectivity index (χ2n) is 7.40. The maximum atomic E-state index is 12.7. The number of alkyl halides is 3. The highest BCUT2D eigenvalue weighted by molar-refractivity contribution is 5.89. The van der Waals surface area contributed by atoms with Crippen LogP contribution in [0.2, 0.25) is 0 Å². The predicted molar refractivity (Wildman–Crippen MR) is 87.9 cm³/mol. The summed E-state index contributed by atoms with van der Waals surface area (Å²) in [5, 5.41) is 2.86. The van der Waals surface area contributed by atoms with E-state index < -0.39 is 23.0 Å². The number of carbonyl (C=O) groups is 1. The highest BCUT2D eigenvalue weighted by atomic mass is 35.5.